The van der Waals surface area contributed by atoms with Crippen LogP contribution >= 0.6 is 15.9 Å². The first-order valence-corrected chi connectivity index (χ1v) is 6.55. The topological polar surface area (TPSA) is 38.0 Å². The molecule has 5 heteroatoms. The molecule has 0 aliphatic heterocycles. The van der Waals surface area contributed by atoms with E-state index in [4.69, 9.17) is 5.84 Å². The number of rotatable bonds is 4. The molecule has 0 heterocycles. The highest BCUT2D eigenvalue weighted by Crippen LogP contribution is 2.24. The molecular weight excluding hydrogens is 314 g/mol. The van der Waals surface area contributed by atoms with Crippen LogP contribution in [-0.2, 0) is 6.42 Å². The maximum absolute atomic E-state index is 13.0. The molecule has 19 heavy (non-hydrogen) atoms. The van der Waals surface area contributed by atoms with Gasteiger partial charge in [-0.25, -0.2) is 8.78 Å². The standard InChI is InChI=1S/C14H13BrF2N2/c15-13-8-12(17)6-3-10(13)7-14(19-18)9-1-4-11(16)5-2-9/h1-6,8,14,19H,7,18H2. The third-order valence-corrected chi connectivity index (χ3v) is 3.65. The second kappa shape index (κ2) is 6.23. The average molecular weight is 327 g/mol. The zero-order chi connectivity index (χ0) is 13.8. The fourth-order valence-electron chi connectivity index (χ4n) is 1.88. The predicted molar refractivity (Wildman–Crippen MR) is 74.3 cm³/mol. The second-order valence-electron chi connectivity index (χ2n) is 4.21. The maximum atomic E-state index is 13.0. The van der Waals surface area contributed by atoms with E-state index in [0.29, 0.717) is 10.9 Å². The van der Waals surface area contributed by atoms with Gasteiger partial charge in [-0.2, -0.15) is 0 Å². The van der Waals surface area contributed by atoms with Crippen molar-refractivity contribution >= 4 is 15.9 Å². The molecule has 1 unspecified atom stereocenters. The van der Waals surface area contributed by atoms with E-state index in [1.165, 1.54) is 24.3 Å². The van der Waals surface area contributed by atoms with Crippen LogP contribution in [0.2, 0.25) is 0 Å². The molecule has 0 radical (unpaired) electrons. The Kier molecular flexibility index (Phi) is 4.63. The lowest BCUT2D eigenvalue weighted by atomic mass is 9.99. The fourth-order valence-corrected chi connectivity index (χ4v) is 2.39. The molecule has 0 saturated carbocycles. The third kappa shape index (κ3) is 3.59. The van der Waals surface area contributed by atoms with Crippen molar-refractivity contribution < 1.29 is 8.78 Å². The molecule has 0 fully saturated rings. The first kappa shape index (κ1) is 14.1. The van der Waals surface area contributed by atoms with Gasteiger partial charge in [-0.15, -0.1) is 0 Å². The molecule has 2 nitrogen and oxygen atoms in total. The Bertz CT molecular complexity index is 558. The number of hydrazine groups is 1. The summed E-state index contributed by atoms with van der Waals surface area (Å²) < 4.78 is 26.6. The predicted octanol–water partition coefficient (Wildman–Crippen LogP) is 3.47. The van der Waals surface area contributed by atoms with Gasteiger partial charge >= 0.3 is 0 Å². The van der Waals surface area contributed by atoms with Gasteiger partial charge in [0.1, 0.15) is 11.6 Å². The second-order valence-corrected chi connectivity index (χ2v) is 5.06. The molecule has 0 saturated heterocycles. The highest BCUT2D eigenvalue weighted by Gasteiger charge is 2.13. The molecule has 2 rings (SSSR count). The lowest BCUT2D eigenvalue weighted by Crippen LogP contribution is -2.29. The van der Waals surface area contributed by atoms with E-state index >= 15 is 0 Å². The van der Waals surface area contributed by atoms with Crippen LogP contribution in [0, 0.1) is 11.6 Å². The van der Waals surface area contributed by atoms with Gasteiger partial charge in [-0.1, -0.05) is 34.1 Å². The monoisotopic (exact) mass is 326 g/mol. The quantitative estimate of drug-likeness (QED) is 0.667. The Hall–Kier alpha value is -1.30. The van der Waals surface area contributed by atoms with E-state index in [2.05, 4.69) is 21.4 Å². The lowest BCUT2D eigenvalue weighted by molar-refractivity contribution is 0.547. The molecule has 3 N–H and O–H groups in total. The largest absolute Gasteiger partial charge is 0.271 e. The summed E-state index contributed by atoms with van der Waals surface area (Å²) in [4.78, 5) is 0. The zero-order valence-corrected chi connectivity index (χ0v) is 11.6. The van der Waals surface area contributed by atoms with Crippen LogP contribution in [0.15, 0.2) is 46.9 Å². The Balaban J connectivity index is 2.21. The summed E-state index contributed by atoms with van der Waals surface area (Å²) in [7, 11) is 0. The number of hydrogen-bond acceptors (Lipinski definition) is 2. The molecule has 100 valence electrons. The molecule has 0 aromatic heterocycles. The summed E-state index contributed by atoms with van der Waals surface area (Å²) in [6.45, 7) is 0. The van der Waals surface area contributed by atoms with Crippen LogP contribution in [0.1, 0.15) is 17.2 Å². The molecule has 0 aliphatic rings. The number of halogens is 3. The van der Waals surface area contributed by atoms with Crippen molar-refractivity contribution in [3.05, 3.63) is 69.7 Å². The molecule has 2 aromatic carbocycles. The summed E-state index contributed by atoms with van der Waals surface area (Å²) in [5.74, 6) is 4.95. The first-order chi connectivity index (χ1) is 9.10. The van der Waals surface area contributed by atoms with Crippen molar-refractivity contribution in [3.63, 3.8) is 0 Å². The number of hydrogen-bond donors (Lipinski definition) is 2. The van der Waals surface area contributed by atoms with E-state index in [-0.39, 0.29) is 17.7 Å². The summed E-state index contributed by atoms with van der Waals surface area (Å²) in [5, 5.41) is 0. The van der Waals surface area contributed by atoms with Crippen molar-refractivity contribution in [1.29, 1.82) is 0 Å². The highest BCUT2D eigenvalue weighted by molar-refractivity contribution is 9.10. The van der Waals surface area contributed by atoms with Gasteiger partial charge in [0.15, 0.2) is 0 Å². The van der Waals surface area contributed by atoms with Crippen LogP contribution in [0.3, 0.4) is 0 Å². The summed E-state index contributed by atoms with van der Waals surface area (Å²) in [5.41, 5.74) is 4.49. The van der Waals surface area contributed by atoms with Crippen LogP contribution in [0.25, 0.3) is 0 Å². The lowest BCUT2D eigenvalue weighted by Gasteiger charge is -2.17. The van der Waals surface area contributed by atoms with Crippen molar-refractivity contribution in [2.45, 2.75) is 12.5 Å². The normalized spacial score (nSPS) is 12.4. The van der Waals surface area contributed by atoms with Gasteiger partial charge in [0, 0.05) is 4.47 Å². The summed E-state index contributed by atoms with van der Waals surface area (Å²) >= 11 is 3.32. The summed E-state index contributed by atoms with van der Waals surface area (Å²) in [6.07, 6.45) is 0.572. The van der Waals surface area contributed by atoms with Gasteiger partial charge in [0.2, 0.25) is 0 Å². The number of nitrogens with two attached hydrogens (primary N) is 1. The average Bonchev–Trinajstić information content (AvgIpc) is 2.39. The van der Waals surface area contributed by atoms with Gasteiger partial charge in [-0.05, 0) is 41.8 Å². The third-order valence-electron chi connectivity index (χ3n) is 2.91. The number of benzene rings is 2. The van der Waals surface area contributed by atoms with Gasteiger partial charge in [0.05, 0.1) is 6.04 Å². The molecule has 1 atom stereocenters. The molecule has 2 aromatic rings. The highest BCUT2D eigenvalue weighted by atomic mass is 79.9. The smallest absolute Gasteiger partial charge is 0.124 e. The Morgan fingerprint density at radius 1 is 1.05 bits per heavy atom. The van der Waals surface area contributed by atoms with E-state index in [9.17, 15) is 8.78 Å². The van der Waals surface area contributed by atoms with Crippen LogP contribution in [-0.4, -0.2) is 0 Å². The zero-order valence-electron chi connectivity index (χ0n) is 10.0. The minimum absolute atomic E-state index is 0.164. The molecule has 0 aliphatic carbocycles. The minimum Gasteiger partial charge on any atom is -0.271 e. The summed E-state index contributed by atoms with van der Waals surface area (Å²) in [6, 6.07) is 10.5. The Morgan fingerprint density at radius 2 is 1.68 bits per heavy atom. The van der Waals surface area contributed by atoms with Crippen molar-refractivity contribution in [3.8, 4) is 0 Å². The van der Waals surface area contributed by atoms with Gasteiger partial charge in [-0.3, -0.25) is 11.3 Å². The number of nitrogens with one attached hydrogen (secondary N) is 1. The van der Waals surface area contributed by atoms with Crippen LogP contribution in [0.4, 0.5) is 8.78 Å². The molecule has 0 amide bonds. The SMILES string of the molecule is NNC(Cc1ccc(F)cc1Br)c1ccc(F)cc1. The Labute approximate surface area is 118 Å². The molecule has 0 bridgehead atoms. The van der Waals surface area contributed by atoms with Crippen molar-refractivity contribution in [1.82, 2.24) is 5.43 Å². The van der Waals surface area contributed by atoms with Crippen LogP contribution < -0.4 is 11.3 Å². The molecular formula is C14H13BrF2N2. The minimum atomic E-state index is -0.297. The van der Waals surface area contributed by atoms with E-state index in [1.807, 2.05) is 0 Å². The first-order valence-electron chi connectivity index (χ1n) is 5.75. The van der Waals surface area contributed by atoms with Crippen LogP contribution in [0.5, 0.6) is 0 Å². The van der Waals surface area contributed by atoms with E-state index in [0.717, 1.165) is 11.1 Å². The van der Waals surface area contributed by atoms with Gasteiger partial charge < -0.3 is 0 Å². The Morgan fingerprint density at radius 3 is 2.26 bits per heavy atom. The molecule has 0 spiro atoms. The fraction of sp³-hybridized carbons (Fsp3) is 0.143. The van der Waals surface area contributed by atoms with Crippen molar-refractivity contribution in [2.24, 2.45) is 5.84 Å². The van der Waals surface area contributed by atoms with E-state index in [1.54, 1.807) is 18.2 Å². The van der Waals surface area contributed by atoms with Gasteiger partial charge in [0.25, 0.3) is 0 Å². The maximum Gasteiger partial charge on any atom is 0.124 e. The van der Waals surface area contributed by atoms with E-state index < -0.39 is 0 Å². The van der Waals surface area contributed by atoms with Crippen molar-refractivity contribution in [2.75, 3.05) is 0 Å².